The standard InChI is InChI=1S/C21H36N4O4S/c1-4-19(5-2)20(25-10-12-29-13-11-25)15-24-21(26)23-14-17-6-8-18(9-7-17)16-30(27,28)22-3/h6-9,19-20,22H,4-5,10-16H2,1-3H3,(H2,23,24,26). The number of sulfonamides is 1. The van der Waals surface area contributed by atoms with Gasteiger partial charge in [0.1, 0.15) is 0 Å². The maximum Gasteiger partial charge on any atom is 0.315 e. The van der Waals surface area contributed by atoms with Crippen LogP contribution in [0.2, 0.25) is 0 Å². The van der Waals surface area contributed by atoms with Gasteiger partial charge in [-0.05, 0) is 24.1 Å². The van der Waals surface area contributed by atoms with E-state index in [0.717, 1.165) is 44.7 Å². The first-order valence-corrected chi connectivity index (χ1v) is 12.4. The van der Waals surface area contributed by atoms with E-state index in [9.17, 15) is 13.2 Å². The van der Waals surface area contributed by atoms with Crippen molar-refractivity contribution in [2.75, 3.05) is 39.9 Å². The molecule has 1 aromatic rings. The van der Waals surface area contributed by atoms with Gasteiger partial charge < -0.3 is 15.4 Å². The number of rotatable bonds is 11. The fourth-order valence-corrected chi connectivity index (χ4v) is 4.60. The molecule has 9 heteroatoms. The van der Waals surface area contributed by atoms with E-state index in [1.165, 1.54) is 7.05 Å². The molecular formula is C21H36N4O4S. The number of carbonyl (C=O) groups excluding carboxylic acids is 1. The number of amides is 2. The third-order valence-electron chi connectivity index (χ3n) is 5.72. The quantitative estimate of drug-likeness (QED) is 0.486. The Balaban J connectivity index is 1.83. The van der Waals surface area contributed by atoms with Gasteiger partial charge in [-0.25, -0.2) is 17.9 Å². The van der Waals surface area contributed by atoms with Crippen molar-refractivity contribution in [2.45, 2.75) is 45.0 Å². The predicted octanol–water partition coefficient (Wildman–Crippen LogP) is 1.67. The van der Waals surface area contributed by atoms with Gasteiger partial charge >= 0.3 is 6.03 Å². The van der Waals surface area contributed by atoms with Crippen LogP contribution in [0.25, 0.3) is 0 Å². The number of hydrogen-bond donors (Lipinski definition) is 3. The van der Waals surface area contributed by atoms with Crippen molar-refractivity contribution in [1.82, 2.24) is 20.3 Å². The van der Waals surface area contributed by atoms with Crippen molar-refractivity contribution < 1.29 is 17.9 Å². The van der Waals surface area contributed by atoms with Crippen LogP contribution >= 0.6 is 0 Å². The summed E-state index contributed by atoms with van der Waals surface area (Å²) in [5, 5.41) is 5.92. The predicted molar refractivity (Wildman–Crippen MR) is 119 cm³/mol. The Kier molecular flexibility index (Phi) is 10.0. The molecule has 1 aliphatic heterocycles. The summed E-state index contributed by atoms with van der Waals surface area (Å²) in [6.45, 7) is 8.69. The van der Waals surface area contributed by atoms with Crippen LogP contribution in [0.3, 0.4) is 0 Å². The van der Waals surface area contributed by atoms with Crippen molar-refractivity contribution in [3.63, 3.8) is 0 Å². The van der Waals surface area contributed by atoms with E-state index in [1.807, 2.05) is 12.1 Å². The lowest BCUT2D eigenvalue weighted by molar-refractivity contribution is 0.00237. The van der Waals surface area contributed by atoms with E-state index < -0.39 is 10.0 Å². The molecule has 0 bridgehead atoms. The van der Waals surface area contributed by atoms with E-state index in [0.29, 0.717) is 30.6 Å². The summed E-state index contributed by atoms with van der Waals surface area (Å²) in [6.07, 6.45) is 2.16. The Bertz CT molecular complexity index is 745. The molecule has 0 spiro atoms. The van der Waals surface area contributed by atoms with E-state index in [-0.39, 0.29) is 11.8 Å². The number of nitrogens with one attached hydrogen (secondary N) is 3. The van der Waals surface area contributed by atoms with Crippen LogP contribution in [0.5, 0.6) is 0 Å². The molecule has 1 heterocycles. The number of morpholine rings is 1. The number of nitrogens with zero attached hydrogens (tertiary/aromatic N) is 1. The Morgan fingerprint density at radius 2 is 1.67 bits per heavy atom. The zero-order valence-electron chi connectivity index (χ0n) is 18.3. The lowest BCUT2D eigenvalue weighted by Crippen LogP contribution is -2.53. The molecule has 2 amide bonds. The van der Waals surface area contributed by atoms with Crippen LogP contribution in [0, 0.1) is 5.92 Å². The summed E-state index contributed by atoms with van der Waals surface area (Å²) in [5.74, 6) is 0.473. The molecule has 0 aromatic heterocycles. The highest BCUT2D eigenvalue weighted by atomic mass is 32.2. The number of benzene rings is 1. The van der Waals surface area contributed by atoms with Crippen molar-refractivity contribution >= 4 is 16.1 Å². The number of carbonyl (C=O) groups is 1. The second kappa shape index (κ2) is 12.2. The Morgan fingerprint density at radius 1 is 1.07 bits per heavy atom. The van der Waals surface area contributed by atoms with Crippen LogP contribution < -0.4 is 15.4 Å². The van der Waals surface area contributed by atoms with Crippen LogP contribution in [0.1, 0.15) is 37.8 Å². The summed E-state index contributed by atoms with van der Waals surface area (Å²) in [4.78, 5) is 14.8. The Morgan fingerprint density at radius 3 is 2.23 bits per heavy atom. The molecule has 1 atom stereocenters. The Labute approximate surface area is 180 Å². The molecule has 1 unspecified atom stereocenters. The maximum atomic E-state index is 12.3. The first-order valence-electron chi connectivity index (χ1n) is 10.7. The molecule has 3 N–H and O–H groups in total. The first-order chi connectivity index (χ1) is 14.4. The molecule has 1 saturated heterocycles. The van der Waals surface area contributed by atoms with Gasteiger partial charge in [0.25, 0.3) is 0 Å². The molecule has 2 rings (SSSR count). The van der Waals surface area contributed by atoms with Crippen LogP contribution in [0.4, 0.5) is 4.79 Å². The molecule has 0 aliphatic carbocycles. The number of hydrogen-bond acceptors (Lipinski definition) is 5. The monoisotopic (exact) mass is 440 g/mol. The highest BCUT2D eigenvalue weighted by Crippen LogP contribution is 2.19. The molecule has 0 saturated carbocycles. The normalized spacial score (nSPS) is 16.4. The maximum absolute atomic E-state index is 12.3. The van der Waals surface area contributed by atoms with Crippen LogP contribution in [0.15, 0.2) is 24.3 Å². The van der Waals surface area contributed by atoms with Gasteiger partial charge in [-0.2, -0.15) is 0 Å². The van der Waals surface area contributed by atoms with E-state index in [1.54, 1.807) is 12.1 Å². The first kappa shape index (κ1) is 24.6. The smallest absolute Gasteiger partial charge is 0.315 e. The zero-order chi connectivity index (χ0) is 22.0. The molecule has 1 aromatic carbocycles. The molecule has 1 aliphatic rings. The third-order valence-corrected chi connectivity index (χ3v) is 7.06. The minimum Gasteiger partial charge on any atom is -0.379 e. The fourth-order valence-electron chi connectivity index (χ4n) is 3.82. The van der Waals surface area contributed by atoms with Crippen molar-refractivity contribution in [3.05, 3.63) is 35.4 Å². The fraction of sp³-hybridized carbons (Fsp3) is 0.667. The van der Waals surface area contributed by atoms with Gasteiger partial charge in [0, 0.05) is 32.2 Å². The van der Waals surface area contributed by atoms with Gasteiger partial charge in [0.15, 0.2) is 0 Å². The molecule has 30 heavy (non-hydrogen) atoms. The van der Waals surface area contributed by atoms with Crippen molar-refractivity contribution in [2.24, 2.45) is 5.92 Å². The number of urea groups is 1. The third kappa shape index (κ3) is 7.86. The van der Waals surface area contributed by atoms with E-state index in [2.05, 4.69) is 34.1 Å². The van der Waals surface area contributed by atoms with Crippen LogP contribution in [-0.2, 0) is 27.1 Å². The average Bonchev–Trinajstić information content (AvgIpc) is 2.76. The van der Waals surface area contributed by atoms with Gasteiger partial charge in [-0.15, -0.1) is 0 Å². The van der Waals surface area contributed by atoms with Gasteiger partial charge in [-0.1, -0.05) is 51.0 Å². The molecular weight excluding hydrogens is 404 g/mol. The van der Waals surface area contributed by atoms with E-state index >= 15 is 0 Å². The second-order valence-electron chi connectivity index (χ2n) is 7.64. The average molecular weight is 441 g/mol. The van der Waals surface area contributed by atoms with Crippen molar-refractivity contribution in [3.8, 4) is 0 Å². The lowest BCUT2D eigenvalue weighted by atomic mass is 9.92. The minimum absolute atomic E-state index is 0.0589. The number of ether oxygens (including phenoxy) is 1. The molecule has 1 fully saturated rings. The summed E-state index contributed by atoms with van der Waals surface area (Å²) < 4.78 is 31.0. The van der Waals surface area contributed by atoms with Crippen molar-refractivity contribution in [1.29, 1.82) is 0 Å². The van der Waals surface area contributed by atoms with E-state index in [4.69, 9.17) is 4.74 Å². The van der Waals surface area contributed by atoms with Crippen LogP contribution in [-0.4, -0.2) is 65.3 Å². The lowest BCUT2D eigenvalue weighted by Gasteiger charge is -2.38. The molecule has 0 radical (unpaired) electrons. The summed E-state index contributed by atoms with van der Waals surface area (Å²) in [7, 11) is -1.89. The largest absolute Gasteiger partial charge is 0.379 e. The molecule has 170 valence electrons. The summed E-state index contributed by atoms with van der Waals surface area (Å²) >= 11 is 0. The minimum atomic E-state index is -3.29. The topological polar surface area (TPSA) is 99.8 Å². The SMILES string of the molecule is CCC(CC)C(CNC(=O)NCc1ccc(CS(=O)(=O)NC)cc1)N1CCOCC1. The highest BCUT2D eigenvalue weighted by molar-refractivity contribution is 7.88. The van der Waals surface area contributed by atoms with Gasteiger partial charge in [-0.3, -0.25) is 4.90 Å². The summed E-state index contributed by atoms with van der Waals surface area (Å²) in [5.41, 5.74) is 1.62. The zero-order valence-corrected chi connectivity index (χ0v) is 19.1. The summed E-state index contributed by atoms with van der Waals surface area (Å²) in [6, 6.07) is 7.32. The Hall–Kier alpha value is -1.68. The highest BCUT2D eigenvalue weighted by Gasteiger charge is 2.27. The second-order valence-corrected chi connectivity index (χ2v) is 9.56. The van der Waals surface area contributed by atoms with Gasteiger partial charge in [0.05, 0.1) is 19.0 Å². The molecule has 8 nitrogen and oxygen atoms in total. The van der Waals surface area contributed by atoms with Gasteiger partial charge in [0.2, 0.25) is 10.0 Å².